The Morgan fingerprint density at radius 1 is 1.36 bits per heavy atom. The van der Waals surface area contributed by atoms with Crippen LogP contribution in [0.25, 0.3) is 0 Å². The number of phosphoric ester groups is 1. The molecule has 0 fully saturated rings. The van der Waals surface area contributed by atoms with Crippen LogP contribution in [0.4, 0.5) is 0 Å². The summed E-state index contributed by atoms with van der Waals surface area (Å²) in [6.07, 6.45) is 0. The summed E-state index contributed by atoms with van der Waals surface area (Å²) in [5.74, 6) is 0. The molecule has 0 aromatic carbocycles. The van der Waals surface area contributed by atoms with E-state index in [9.17, 15) is 14.4 Å². The lowest BCUT2D eigenvalue weighted by molar-refractivity contribution is -0.870. The first kappa shape index (κ1) is 11.1. The summed E-state index contributed by atoms with van der Waals surface area (Å²) in [6.45, 7) is 0.447. The fourth-order valence-electron chi connectivity index (χ4n) is 0.426. The summed E-state index contributed by atoms with van der Waals surface area (Å²) in [5.41, 5.74) is 0. The van der Waals surface area contributed by atoms with E-state index in [0.29, 0.717) is 11.0 Å². The van der Waals surface area contributed by atoms with Crippen molar-refractivity contribution in [1.82, 2.24) is 0 Å². The van der Waals surface area contributed by atoms with Gasteiger partial charge < -0.3 is 23.4 Å². The molecule has 0 atom stereocenters. The molecule has 0 aliphatic carbocycles. The lowest BCUT2D eigenvalue weighted by atomic mass is 10.3. The third-order valence-corrected chi connectivity index (χ3v) is 1.51. The molecule has 0 saturated carbocycles. The van der Waals surface area contributed by atoms with Crippen LogP contribution in [0.3, 0.4) is 0 Å². The summed E-state index contributed by atoms with van der Waals surface area (Å²) in [5, 5.41) is 0. The van der Waals surface area contributed by atoms with Crippen molar-refractivity contribution in [3.8, 4) is 0 Å². The van der Waals surface area contributed by atoms with Crippen LogP contribution in [0.1, 0.15) is 0 Å². The highest BCUT2D eigenvalue weighted by Gasteiger charge is 2.05. The molecule has 6 heteroatoms. The number of hydrogen-bond acceptors (Lipinski definition) is 4. The lowest BCUT2D eigenvalue weighted by Gasteiger charge is -2.31. The third-order valence-electron chi connectivity index (χ3n) is 1.01. The average molecular weight is 181 g/mol. The van der Waals surface area contributed by atoms with Gasteiger partial charge in [0.2, 0.25) is 0 Å². The van der Waals surface area contributed by atoms with E-state index in [0.717, 1.165) is 0 Å². The quantitative estimate of drug-likeness (QED) is 0.392. The predicted octanol–water partition coefficient (Wildman–Crippen LogP) is -1.46. The van der Waals surface area contributed by atoms with Crippen molar-refractivity contribution >= 4 is 7.82 Å². The summed E-state index contributed by atoms with van der Waals surface area (Å²) in [4.78, 5) is 19.9. The van der Waals surface area contributed by atoms with E-state index in [4.69, 9.17) is 0 Å². The minimum atomic E-state index is -4.76. The lowest BCUT2D eigenvalue weighted by Crippen LogP contribution is -2.38. The molecular formula is C5H13NO4P-. The normalized spacial score (nSPS) is 13.5. The van der Waals surface area contributed by atoms with Crippen molar-refractivity contribution in [1.29, 1.82) is 0 Å². The molecular weight excluding hydrogens is 168 g/mol. The average Bonchev–Trinajstić information content (AvgIpc) is 1.55. The van der Waals surface area contributed by atoms with Gasteiger partial charge in [0.25, 0.3) is 0 Å². The molecule has 0 saturated heterocycles. The first-order chi connectivity index (χ1) is 4.71. The van der Waals surface area contributed by atoms with Gasteiger partial charge in [0.1, 0.15) is 13.2 Å². The van der Waals surface area contributed by atoms with E-state index in [1.807, 2.05) is 21.1 Å². The molecule has 0 N–H and O–H groups in total. The summed E-state index contributed by atoms with van der Waals surface area (Å²) >= 11 is 0. The van der Waals surface area contributed by atoms with E-state index in [1.165, 1.54) is 0 Å². The van der Waals surface area contributed by atoms with E-state index in [2.05, 4.69) is 4.52 Å². The zero-order chi connectivity index (χ0) is 9.12. The monoisotopic (exact) mass is 181 g/mol. The second-order valence-corrected chi connectivity index (χ2v) is 4.45. The highest BCUT2D eigenvalue weighted by Crippen LogP contribution is 2.23. The largest absolute Gasteiger partial charge is 0.790 e. The molecule has 0 aromatic heterocycles. The molecule has 0 amide bonds. The van der Waals surface area contributed by atoms with Crippen LogP contribution in [-0.2, 0) is 9.09 Å². The first-order valence-electron chi connectivity index (χ1n) is 3.18. The van der Waals surface area contributed by atoms with Crippen molar-refractivity contribution in [2.24, 2.45) is 0 Å². The van der Waals surface area contributed by atoms with Crippen LogP contribution in [0, 0.1) is 0 Å². The Bertz CT molecular complexity index is 158. The van der Waals surface area contributed by atoms with Gasteiger partial charge in [0, 0.05) is 0 Å². The van der Waals surface area contributed by atoms with E-state index in [1.54, 1.807) is 0 Å². The van der Waals surface area contributed by atoms with E-state index >= 15 is 0 Å². The maximum Gasteiger partial charge on any atom is 0.102 e. The van der Waals surface area contributed by atoms with Crippen LogP contribution < -0.4 is 9.79 Å². The van der Waals surface area contributed by atoms with Gasteiger partial charge in [-0.05, 0) is 0 Å². The van der Waals surface area contributed by atoms with Crippen LogP contribution >= 0.6 is 7.82 Å². The Balaban J connectivity index is 3.52. The zero-order valence-electron chi connectivity index (χ0n) is 6.94. The number of hydrogen-bond donors (Lipinski definition) is 0. The molecule has 0 spiro atoms. The highest BCUT2D eigenvalue weighted by molar-refractivity contribution is 7.43. The van der Waals surface area contributed by atoms with Gasteiger partial charge in [-0.2, -0.15) is 0 Å². The predicted molar refractivity (Wildman–Crippen MR) is 36.5 cm³/mol. The molecule has 0 aliphatic rings. The molecule has 0 unspecified atom stereocenters. The molecule has 0 rings (SSSR count). The maximum atomic E-state index is 9.96. The number of likely N-dealkylation sites (N-methyl/N-ethyl adjacent to an activating group) is 1. The van der Waals surface area contributed by atoms with E-state index < -0.39 is 7.82 Å². The second-order valence-electron chi connectivity index (χ2n) is 3.29. The van der Waals surface area contributed by atoms with Crippen LogP contribution in [0.2, 0.25) is 0 Å². The Hall–Kier alpha value is 0.0700. The van der Waals surface area contributed by atoms with Gasteiger partial charge in [-0.15, -0.1) is 0 Å². The minimum absolute atomic E-state index is 0.0478. The second kappa shape index (κ2) is 3.65. The molecule has 5 nitrogen and oxygen atoms in total. The summed E-state index contributed by atoms with van der Waals surface area (Å²) < 4.78 is 14.6. The molecule has 0 aliphatic heterocycles. The topological polar surface area (TPSA) is 72.4 Å². The van der Waals surface area contributed by atoms with Gasteiger partial charge in [0.05, 0.1) is 29.0 Å². The van der Waals surface area contributed by atoms with Crippen molar-refractivity contribution < 1.29 is 23.4 Å². The number of rotatable bonds is 4. The molecule has 0 bridgehead atoms. The molecule has 11 heavy (non-hydrogen) atoms. The molecule has 0 heterocycles. The Kier molecular flexibility index (Phi) is 3.67. The van der Waals surface area contributed by atoms with Gasteiger partial charge in [0.15, 0.2) is 0 Å². The van der Waals surface area contributed by atoms with Gasteiger partial charge >= 0.3 is 0 Å². The number of nitrogens with zero attached hydrogens (tertiary/aromatic N) is 1. The minimum Gasteiger partial charge on any atom is -0.790 e. The van der Waals surface area contributed by atoms with Crippen molar-refractivity contribution in [2.45, 2.75) is 0 Å². The summed E-state index contributed by atoms with van der Waals surface area (Å²) in [6, 6.07) is 0. The summed E-state index contributed by atoms with van der Waals surface area (Å²) in [7, 11) is 0.875. The van der Waals surface area contributed by atoms with Crippen LogP contribution in [-0.4, -0.2) is 38.8 Å². The Morgan fingerprint density at radius 2 is 1.82 bits per heavy atom. The SMILES string of the molecule is C[N+](C)([11CH3])CCOP(=O)([O-])[O-]. The van der Waals surface area contributed by atoms with E-state index in [-0.39, 0.29) is 6.61 Å². The Labute approximate surface area is 66.4 Å². The standard InChI is InChI=1S/C5H14NO4P/c1-6(2,3)4-5-10-11(7,8)9/h4-5H2,1-3H3,(H-,7,8,9)/p-1/i1-1. The number of quaternary nitrogens is 1. The van der Waals surface area contributed by atoms with Crippen molar-refractivity contribution in [3.05, 3.63) is 0 Å². The molecule has 0 aromatic rings. The van der Waals surface area contributed by atoms with Crippen LogP contribution in [0.5, 0.6) is 0 Å². The number of phosphoric acid groups is 1. The Morgan fingerprint density at radius 3 is 2.09 bits per heavy atom. The molecule has 68 valence electrons. The molecule has 0 radical (unpaired) electrons. The highest BCUT2D eigenvalue weighted by atomic mass is 31.2. The zero-order valence-corrected chi connectivity index (χ0v) is 7.84. The third kappa shape index (κ3) is 10.1. The fourth-order valence-corrected chi connectivity index (χ4v) is 0.732. The van der Waals surface area contributed by atoms with Crippen molar-refractivity contribution in [3.63, 3.8) is 0 Å². The van der Waals surface area contributed by atoms with Gasteiger partial charge in [-0.1, -0.05) is 0 Å². The van der Waals surface area contributed by atoms with Crippen LogP contribution in [0.15, 0.2) is 0 Å². The fraction of sp³-hybridized carbons (Fsp3) is 1.00. The first-order valence-corrected chi connectivity index (χ1v) is 4.64. The van der Waals surface area contributed by atoms with Gasteiger partial charge in [-0.3, -0.25) is 0 Å². The van der Waals surface area contributed by atoms with Gasteiger partial charge in [-0.25, -0.2) is 0 Å². The van der Waals surface area contributed by atoms with Crippen molar-refractivity contribution in [2.75, 3.05) is 34.3 Å². The maximum absolute atomic E-state index is 9.96. The smallest absolute Gasteiger partial charge is 0.102 e.